The zero-order valence-electron chi connectivity index (χ0n) is 20.7. The number of hydrogen-bond donors (Lipinski definition) is 0. The van der Waals surface area contributed by atoms with Gasteiger partial charge >= 0.3 is 11.9 Å². The van der Waals surface area contributed by atoms with Crippen molar-refractivity contribution in [1.29, 1.82) is 0 Å². The van der Waals surface area contributed by atoms with Crippen LogP contribution in [0.15, 0.2) is 25.3 Å². The molecular weight excluding hydrogens is 432 g/mol. The minimum atomic E-state index is -2.41. The minimum Gasteiger partial charge on any atom is -0.460 e. The summed E-state index contributed by atoms with van der Waals surface area (Å²) in [5.41, 5.74) is 0. The summed E-state index contributed by atoms with van der Waals surface area (Å²) in [6.45, 7) is 24.6. The molecule has 0 rings (SSSR count). The van der Waals surface area contributed by atoms with Crippen LogP contribution in [-0.4, -0.2) is 65.4 Å². The second-order valence-corrected chi connectivity index (χ2v) is 17.4. The van der Waals surface area contributed by atoms with E-state index in [-0.39, 0.29) is 13.2 Å². The first-order chi connectivity index (χ1) is 14.2. The summed E-state index contributed by atoms with van der Waals surface area (Å²) in [4.78, 5) is 22.5. The number of ether oxygens (including phenoxy) is 3. The standard InChI is InChI=1S/C22H42O7Si2/c1-11-19(23)25-15-17-27-22(13-3,14-4)31(9,10)29-21(5,6)30(7,8)28-18-16-26-20(24)12-2/h11-12H,1-2,13-18H2,3-10H3. The highest BCUT2D eigenvalue weighted by atomic mass is 28.4. The van der Waals surface area contributed by atoms with Gasteiger partial charge in [0.25, 0.3) is 0 Å². The highest BCUT2D eigenvalue weighted by Crippen LogP contribution is 2.38. The third-order valence-corrected chi connectivity index (χ3v) is 14.2. The van der Waals surface area contributed by atoms with Crippen LogP contribution in [0.25, 0.3) is 0 Å². The molecule has 0 radical (unpaired) electrons. The molecule has 31 heavy (non-hydrogen) atoms. The van der Waals surface area contributed by atoms with Crippen molar-refractivity contribution in [1.82, 2.24) is 0 Å². The zero-order valence-corrected chi connectivity index (χ0v) is 22.7. The highest BCUT2D eigenvalue weighted by molar-refractivity contribution is 6.78. The van der Waals surface area contributed by atoms with E-state index in [4.69, 9.17) is 23.1 Å². The van der Waals surface area contributed by atoms with Gasteiger partial charge in [-0.05, 0) is 52.9 Å². The first-order valence-electron chi connectivity index (χ1n) is 10.8. The molecule has 0 saturated carbocycles. The summed E-state index contributed by atoms with van der Waals surface area (Å²) in [6, 6.07) is 0. The van der Waals surface area contributed by atoms with Gasteiger partial charge in [0.15, 0.2) is 0 Å². The van der Waals surface area contributed by atoms with Crippen LogP contribution in [0.2, 0.25) is 26.2 Å². The Bertz CT molecular complexity index is 611. The molecule has 0 aromatic rings. The summed E-state index contributed by atoms with van der Waals surface area (Å²) < 4.78 is 29.4. The molecule has 0 spiro atoms. The second-order valence-electron chi connectivity index (χ2n) is 8.77. The molecule has 0 bridgehead atoms. The molecule has 0 fully saturated rings. The summed E-state index contributed by atoms with van der Waals surface area (Å²) in [7, 11) is -4.74. The number of carbonyl (C=O) groups is 2. The maximum absolute atomic E-state index is 11.3. The van der Waals surface area contributed by atoms with E-state index in [1.807, 2.05) is 0 Å². The molecule has 0 N–H and O–H groups in total. The predicted octanol–water partition coefficient (Wildman–Crippen LogP) is 4.32. The van der Waals surface area contributed by atoms with Gasteiger partial charge in [-0.15, -0.1) is 0 Å². The largest absolute Gasteiger partial charge is 0.460 e. The Morgan fingerprint density at radius 3 is 1.68 bits per heavy atom. The molecule has 0 heterocycles. The third-order valence-electron chi connectivity index (χ3n) is 6.03. The average Bonchev–Trinajstić information content (AvgIpc) is 2.69. The van der Waals surface area contributed by atoms with Crippen molar-refractivity contribution in [3.05, 3.63) is 25.3 Å². The van der Waals surface area contributed by atoms with Crippen molar-refractivity contribution in [2.24, 2.45) is 0 Å². The SMILES string of the molecule is C=CC(=O)OCCOC(CC)(CC)[Si](C)(C)OC(C)(C)[Si](C)(C)OCCOC(=O)C=C. The van der Waals surface area contributed by atoms with Gasteiger partial charge in [-0.2, -0.15) is 0 Å². The molecule has 0 aromatic heterocycles. The number of rotatable bonds is 16. The molecule has 0 atom stereocenters. The Morgan fingerprint density at radius 2 is 1.26 bits per heavy atom. The van der Waals surface area contributed by atoms with Crippen LogP contribution in [0.1, 0.15) is 40.5 Å². The Morgan fingerprint density at radius 1 is 0.806 bits per heavy atom. The van der Waals surface area contributed by atoms with E-state index >= 15 is 0 Å². The number of carbonyl (C=O) groups excluding carboxylic acids is 2. The first-order valence-corrected chi connectivity index (χ1v) is 16.6. The Kier molecular flexibility index (Phi) is 12.2. The molecule has 0 aliphatic rings. The van der Waals surface area contributed by atoms with Crippen LogP contribution < -0.4 is 0 Å². The van der Waals surface area contributed by atoms with Crippen molar-refractivity contribution >= 4 is 28.6 Å². The van der Waals surface area contributed by atoms with Crippen LogP contribution in [0.5, 0.6) is 0 Å². The van der Waals surface area contributed by atoms with Gasteiger partial charge in [0.2, 0.25) is 16.6 Å². The van der Waals surface area contributed by atoms with E-state index in [0.717, 1.165) is 25.0 Å². The van der Waals surface area contributed by atoms with E-state index in [1.54, 1.807) is 0 Å². The summed E-state index contributed by atoms with van der Waals surface area (Å²) in [5, 5.41) is -0.936. The lowest BCUT2D eigenvalue weighted by Gasteiger charge is -2.50. The predicted molar refractivity (Wildman–Crippen MR) is 128 cm³/mol. The van der Waals surface area contributed by atoms with Gasteiger partial charge in [-0.1, -0.05) is 27.0 Å². The number of esters is 2. The number of hydrogen-bond acceptors (Lipinski definition) is 7. The van der Waals surface area contributed by atoms with Crippen molar-refractivity contribution in [2.75, 3.05) is 26.4 Å². The van der Waals surface area contributed by atoms with E-state index in [2.05, 4.69) is 67.0 Å². The maximum atomic E-state index is 11.3. The Hall–Kier alpha value is -1.27. The molecule has 180 valence electrons. The minimum absolute atomic E-state index is 0.174. The molecular formula is C22H42O7Si2. The van der Waals surface area contributed by atoms with Crippen LogP contribution in [-0.2, 0) is 32.7 Å². The Balaban J connectivity index is 5.22. The third kappa shape index (κ3) is 8.65. The topological polar surface area (TPSA) is 80.3 Å². The van der Waals surface area contributed by atoms with Gasteiger partial charge in [0, 0.05) is 12.2 Å². The molecule has 0 amide bonds. The van der Waals surface area contributed by atoms with Gasteiger partial charge < -0.3 is 23.1 Å². The van der Waals surface area contributed by atoms with Crippen LogP contribution in [0, 0.1) is 0 Å². The van der Waals surface area contributed by atoms with Gasteiger partial charge in [0.05, 0.1) is 23.7 Å². The highest BCUT2D eigenvalue weighted by Gasteiger charge is 2.53. The molecule has 0 aliphatic carbocycles. The van der Waals surface area contributed by atoms with Crippen molar-refractivity contribution < 1.29 is 32.7 Å². The van der Waals surface area contributed by atoms with Gasteiger partial charge in [-0.25, -0.2) is 9.59 Å². The summed E-state index contributed by atoms with van der Waals surface area (Å²) in [5.74, 6) is -0.918. The molecule has 0 aromatic carbocycles. The fourth-order valence-corrected chi connectivity index (χ4v) is 9.75. The van der Waals surface area contributed by atoms with Crippen molar-refractivity contribution in [3.8, 4) is 0 Å². The van der Waals surface area contributed by atoms with Crippen molar-refractivity contribution in [2.45, 2.75) is 77.2 Å². The lowest BCUT2D eigenvalue weighted by Crippen LogP contribution is -2.66. The van der Waals surface area contributed by atoms with E-state index < -0.39 is 39.0 Å². The maximum Gasteiger partial charge on any atom is 0.330 e. The zero-order chi connectivity index (χ0) is 24.3. The van der Waals surface area contributed by atoms with Crippen LogP contribution in [0.3, 0.4) is 0 Å². The monoisotopic (exact) mass is 474 g/mol. The fraction of sp³-hybridized carbons (Fsp3) is 0.727. The van der Waals surface area contributed by atoms with Gasteiger partial charge in [0.1, 0.15) is 13.2 Å². The van der Waals surface area contributed by atoms with E-state index in [1.165, 1.54) is 0 Å². The van der Waals surface area contributed by atoms with Crippen LogP contribution >= 0.6 is 0 Å². The van der Waals surface area contributed by atoms with Crippen molar-refractivity contribution in [3.63, 3.8) is 0 Å². The lowest BCUT2D eigenvalue weighted by atomic mass is 10.2. The first kappa shape index (κ1) is 29.7. The second kappa shape index (κ2) is 12.7. The van der Waals surface area contributed by atoms with Crippen LogP contribution in [0.4, 0.5) is 0 Å². The van der Waals surface area contributed by atoms with Gasteiger partial charge in [-0.3, -0.25) is 0 Å². The molecule has 0 unspecified atom stereocenters. The summed E-state index contributed by atoms with van der Waals surface area (Å²) >= 11 is 0. The lowest BCUT2D eigenvalue weighted by molar-refractivity contribution is -0.141. The normalized spacial score (nSPS) is 12.9. The Labute approximate surface area is 190 Å². The quantitative estimate of drug-likeness (QED) is 0.143. The fourth-order valence-electron chi connectivity index (χ4n) is 3.44. The molecule has 7 nitrogen and oxygen atoms in total. The van der Waals surface area contributed by atoms with E-state index in [0.29, 0.717) is 13.2 Å². The smallest absolute Gasteiger partial charge is 0.330 e. The summed E-state index contributed by atoms with van der Waals surface area (Å²) in [6.07, 6.45) is 3.85. The average molecular weight is 475 g/mol. The van der Waals surface area contributed by atoms with E-state index in [9.17, 15) is 9.59 Å². The molecule has 0 saturated heterocycles. The molecule has 9 heteroatoms. The molecule has 0 aliphatic heterocycles.